The molecule has 1 aliphatic rings. The third-order valence-electron chi connectivity index (χ3n) is 4.11. The van der Waals surface area contributed by atoms with E-state index in [9.17, 15) is 4.79 Å². The van der Waals surface area contributed by atoms with Crippen molar-refractivity contribution in [2.24, 2.45) is 0 Å². The van der Waals surface area contributed by atoms with Gasteiger partial charge in [-0.05, 0) is 23.3 Å². The number of hydrogen-bond acceptors (Lipinski definition) is 1. The molecule has 1 amide bonds. The standard InChI is InChI=1S/C17H16BrNO/c1-17(13-7-9-14(18)10-8-13)11-15(20)19-16(17)12-5-3-2-4-6-12/h2-10,16H,11H2,1H3,(H,19,20). The lowest BCUT2D eigenvalue weighted by Crippen LogP contribution is -2.30. The van der Waals surface area contributed by atoms with Gasteiger partial charge in [0.15, 0.2) is 0 Å². The van der Waals surface area contributed by atoms with Crippen LogP contribution in [0.25, 0.3) is 0 Å². The predicted molar refractivity (Wildman–Crippen MR) is 83.4 cm³/mol. The minimum atomic E-state index is -0.209. The number of carbonyl (C=O) groups is 1. The second-order valence-electron chi connectivity index (χ2n) is 5.51. The van der Waals surface area contributed by atoms with Crippen LogP contribution in [0.1, 0.15) is 30.5 Å². The van der Waals surface area contributed by atoms with Gasteiger partial charge >= 0.3 is 0 Å². The Balaban J connectivity index is 2.05. The summed E-state index contributed by atoms with van der Waals surface area (Å²) < 4.78 is 1.05. The number of carbonyl (C=O) groups excluding carboxylic acids is 1. The zero-order chi connectivity index (χ0) is 14.2. The van der Waals surface area contributed by atoms with Gasteiger partial charge in [0.2, 0.25) is 5.91 Å². The van der Waals surface area contributed by atoms with Gasteiger partial charge in [0.25, 0.3) is 0 Å². The molecule has 1 fully saturated rings. The molecule has 102 valence electrons. The van der Waals surface area contributed by atoms with Gasteiger partial charge < -0.3 is 5.32 Å². The van der Waals surface area contributed by atoms with Crippen molar-refractivity contribution >= 4 is 21.8 Å². The Morgan fingerprint density at radius 1 is 1.10 bits per heavy atom. The number of hydrogen-bond donors (Lipinski definition) is 1. The number of nitrogens with one attached hydrogen (secondary N) is 1. The highest BCUT2D eigenvalue weighted by molar-refractivity contribution is 9.10. The van der Waals surface area contributed by atoms with Crippen molar-refractivity contribution in [1.82, 2.24) is 5.32 Å². The molecule has 2 atom stereocenters. The summed E-state index contributed by atoms with van der Waals surface area (Å²) in [5, 5.41) is 3.12. The van der Waals surface area contributed by atoms with Crippen molar-refractivity contribution in [3.63, 3.8) is 0 Å². The molecule has 3 rings (SSSR count). The molecule has 0 spiro atoms. The summed E-state index contributed by atoms with van der Waals surface area (Å²) in [4.78, 5) is 12.0. The molecule has 0 aliphatic carbocycles. The van der Waals surface area contributed by atoms with Gasteiger partial charge in [0, 0.05) is 16.3 Å². The van der Waals surface area contributed by atoms with E-state index >= 15 is 0 Å². The van der Waals surface area contributed by atoms with Crippen molar-refractivity contribution in [2.45, 2.75) is 24.8 Å². The van der Waals surface area contributed by atoms with Gasteiger partial charge in [0.05, 0.1) is 6.04 Å². The number of rotatable bonds is 2. The predicted octanol–water partition coefficient (Wildman–Crippen LogP) is 3.97. The van der Waals surface area contributed by atoms with Gasteiger partial charge in [-0.15, -0.1) is 0 Å². The van der Waals surface area contributed by atoms with E-state index in [1.165, 1.54) is 5.56 Å². The highest BCUT2D eigenvalue weighted by Crippen LogP contribution is 2.44. The summed E-state index contributed by atoms with van der Waals surface area (Å²) in [7, 11) is 0. The Bertz CT molecular complexity index is 623. The lowest BCUT2D eigenvalue weighted by molar-refractivity contribution is -0.119. The minimum Gasteiger partial charge on any atom is -0.348 e. The largest absolute Gasteiger partial charge is 0.348 e. The van der Waals surface area contributed by atoms with Crippen molar-refractivity contribution < 1.29 is 4.79 Å². The van der Waals surface area contributed by atoms with Crippen LogP contribution < -0.4 is 5.32 Å². The van der Waals surface area contributed by atoms with Gasteiger partial charge in [-0.3, -0.25) is 4.79 Å². The first kappa shape index (κ1) is 13.4. The topological polar surface area (TPSA) is 29.1 Å². The van der Waals surface area contributed by atoms with E-state index in [1.54, 1.807) is 0 Å². The first-order valence-corrected chi connectivity index (χ1v) is 7.49. The van der Waals surface area contributed by atoms with E-state index in [4.69, 9.17) is 0 Å². The average molecular weight is 330 g/mol. The third-order valence-corrected chi connectivity index (χ3v) is 4.64. The normalized spacial score (nSPS) is 25.5. The van der Waals surface area contributed by atoms with Crippen LogP contribution in [0, 0.1) is 0 Å². The van der Waals surface area contributed by atoms with Crippen molar-refractivity contribution in [3.8, 4) is 0 Å². The second kappa shape index (κ2) is 5.06. The quantitative estimate of drug-likeness (QED) is 0.887. The molecular weight excluding hydrogens is 314 g/mol. The average Bonchev–Trinajstić information content (AvgIpc) is 2.77. The molecule has 1 aliphatic heterocycles. The Morgan fingerprint density at radius 2 is 1.75 bits per heavy atom. The molecule has 1 saturated heterocycles. The first-order valence-electron chi connectivity index (χ1n) is 6.70. The van der Waals surface area contributed by atoms with E-state index in [-0.39, 0.29) is 17.4 Å². The maximum atomic E-state index is 12.0. The maximum Gasteiger partial charge on any atom is 0.221 e. The molecule has 0 bridgehead atoms. The summed E-state index contributed by atoms with van der Waals surface area (Å²) >= 11 is 3.46. The smallest absolute Gasteiger partial charge is 0.221 e. The number of benzene rings is 2. The molecule has 2 nitrogen and oxygen atoms in total. The summed E-state index contributed by atoms with van der Waals surface area (Å²) in [6.45, 7) is 2.16. The van der Waals surface area contributed by atoms with Crippen LogP contribution in [-0.4, -0.2) is 5.91 Å². The van der Waals surface area contributed by atoms with E-state index in [0.717, 1.165) is 10.0 Å². The minimum absolute atomic E-state index is 0.0253. The third kappa shape index (κ3) is 2.27. The summed E-state index contributed by atoms with van der Waals surface area (Å²) in [6.07, 6.45) is 0.522. The molecule has 0 aromatic heterocycles. The molecule has 0 radical (unpaired) electrons. The molecule has 20 heavy (non-hydrogen) atoms. The number of amides is 1. The summed E-state index contributed by atoms with van der Waals surface area (Å²) in [5.41, 5.74) is 2.13. The van der Waals surface area contributed by atoms with Crippen LogP contribution in [0.3, 0.4) is 0 Å². The van der Waals surface area contributed by atoms with Gasteiger partial charge in [-0.1, -0.05) is 65.3 Å². The zero-order valence-electron chi connectivity index (χ0n) is 11.3. The Morgan fingerprint density at radius 3 is 2.40 bits per heavy atom. The SMILES string of the molecule is CC1(c2ccc(Br)cc2)CC(=O)NC1c1ccccc1. The van der Waals surface area contributed by atoms with Crippen LogP contribution in [-0.2, 0) is 10.2 Å². The van der Waals surface area contributed by atoms with Gasteiger partial charge in [0.1, 0.15) is 0 Å². The lowest BCUT2D eigenvalue weighted by atomic mass is 9.74. The molecule has 2 aromatic rings. The van der Waals surface area contributed by atoms with E-state index in [1.807, 2.05) is 30.3 Å². The van der Waals surface area contributed by atoms with Crippen molar-refractivity contribution in [3.05, 3.63) is 70.2 Å². The summed E-state index contributed by atoms with van der Waals surface area (Å²) in [5.74, 6) is 0.115. The maximum absolute atomic E-state index is 12.0. The molecule has 1 heterocycles. The molecule has 2 unspecified atom stereocenters. The first-order chi connectivity index (χ1) is 9.59. The second-order valence-corrected chi connectivity index (χ2v) is 6.43. The Hall–Kier alpha value is -1.61. The van der Waals surface area contributed by atoms with E-state index in [2.05, 4.69) is 52.4 Å². The molecule has 0 saturated carbocycles. The molecular formula is C17H16BrNO. The van der Waals surface area contributed by atoms with E-state index < -0.39 is 0 Å². The monoisotopic (exact) mass is 329 g/mol. The van der Waals surface area contributed by atoms with Crippen molar-refractivity contribution in [2.75, 3.05) is 0 Å². The Kier molecular flexibility index (Phi) is 3.38. The fourth-order valence-electron chi connectivity index (χ4n) is 3.00. The van der Waals surface area contributed by atoms with Crippen LogP contribution >= 0.6 is 15.9 Å². The lowest BCUT2D eigenvalue weighted by Gasteiger charge is -2.31. The summed E-state index contributed by atoms with van der Waals surface area (Å²) in [6, 6.07) is 18.5. The zero-order valence-corrected chi connectivity index (χ0v) is 12.9. The molecule has 2 aromatic carbocycles. The van der Waals surface area contributed by atoms with Crippen molar-refractivity contribution in [1.29, 1.82) is 0 Å². The van der Waals surface area contributed by atoms with Crippen LogP contribution in [0.5, 0.6) is 0 Å². The van der Waals surface area contributed by atoms with Gasteiger partial charge in [-0.25, -0.2) is 0 Å². The Labute approximate surface area is 127 Å². The van der Waals surface area contributed by atoms with Crippen LogP contribution in [0.2, 0.25) is 0 Å². The highest BCUT2D eigenvalue weighted by Gasteiger charge is 2.45. The highest BCUT2D eigenvalue weighted by atomic mass is 79.9. The molecule has 1 N–H and O–H groups in total. The van der Waals surface area contributed by atoms with Crippen LogP contribution in [0.4, 0.5) is 0 Å². The fourth-order valence-corrected chi connectivity index (χ4v) is 3.27. The number of halogens is 1. The van der Waals surface area contributed by atoms with Gasteiger partial charge in [-0.2, -0.15) is 0 Å². The fraction of sp³-hybridized carbons (Fsp3) is 0.235. The van der Waals surface area contributed by atoms with Crippen LogP contribution in [0.15, 0.2) is 59.1 Å². The van der Waals surface area contributed by atoms with E-state index in [0.29, 0.717) is 6.42 Å². The molecule has 3 heteroatoms.